The summed E-state index contributed by atoms with van der Waals surface area (Å²) in [4.78, 5) is 14.4. The molecule has 1 unspecified atom stereocenters. The Hall–Kier alpha value is -1.04. The molecule has 1 aromatic rings. The van der Waals surface area contributed by atoms with E-state index in [2.05, 4.69) is 37.7 Å². The van der Waals surface area contributed by atoms with Gasteiger partial charge in [-0.1, -0.05) is 0 Å². The lowest BCUT2D eigenvalue weighted by Gasteiger charge is -2.27. The van der Waals surface area contributed by atoms with Crippen LogP contribution in [0.5, 0.6) is 0 Å². The van der Waals surface area contributed by atoms with Crippen molar-refractivity contribution < 1.29 is 0 Å². The van der Waals surface area contributed by atoms with Crippen molar-refractivity contribution in [2.24, 2.45) is 5.73 Å². The number of aromatic nitrogens is 2. The minimum atomic E-state index is 0.290. The maximum absolute atomic E-state index is 5.62. The van der Waals surface area contributed by atoms with Crippen LogP contribution >= 0.6 is 0 Å². The quantitative estimate of drug-likeness (QED) is 0.906. The van der Waals surface area contributed by atoms with Crippen molar-refractivity contribution in [3.05, 3.63) is 22.8 Å². The number of hydrogen-bond donors (Lipinski definition) is 1. The summed E-state index contributed by atoms with van der Waals surface area (Å²) in [6, 6.07) is 0.290. The molecule has 0 aliphatic carbocycles. The molecule has 2 rings (SSSR count). The van der Waals surface area contributed by atoms with Gasteiger partial charge in [0.1, 0.15) is 5.82 Å². The minimum Gasteiger partial charge on any atom is -0.330 e. The molecular weight excluding hydrogens is 262 g/mol. The Kier molecular flexibility index (Phi) is 5.67. The molecule has 1 saturated heterocycles. The van der Waals surface area contributed by atoms with Gasteiger partial charge in [-0.15, -0.1) is 0 Å². The summed E-state index contributed by atoms with van der Waals surface area (Å²) in [5.41, 5.74) is 9.13. The predicted octanol–water partition coefficient (Wildman–Crippen LogP) is 1.29. The molecule has 1 aliphatic rings. The van der Waals surface area contributed by atoms with E-state index in [0.29, 0.717) is 6.04 Å². The van der Waals surface area contributed by atoms with E-state index in [1.807, 2.05) is 0 Å². The number of nitrogens with two attached hydrogens (primary N) is 1. The number of hydrogen-bond acceptors (Lipinski definition) is 5. The van der Waals surface area contributed by atoms with Crippen LogP contribution in [0.4, 0.5) is 0 Å². The fraction of sp³-hybridized carbons (Fsp3) is 0.750. The van der Waals surface area contributed by atoms with Gasteiger partial charge in [-0.25, -0.2) is 9.97 Å². The normalized spacial score (nSPS) is 21.5. The topological polar surface area (TPSA) is 58.3 Å². The van der Waals surface area contributed by atoms with Crippen LogP contribution in [0.2, 0.25) is 0 Å². The lowest BCUT2D eigenvalue weighted by atomic mass is 10.1. The first-order valence-electron chi connectivity index (χ1n) is 7.95. The van der Waals surface area contributed by atoms with Crippen LogP contribution in [-0.2, 0) is 6.42 Å². The minimum absolute atomic E-state index is 0.290. The van der Waals surface area contributed by atoms with Crippen LogP contribution in [-0.4, -0.2) is 60.0 Å². The molecular formula is C16H29N5. The van der Waals surface area contributed by atoms with Crippen molar-refractivity contribution in [1.82, 2.24) is 19.8 Å². The van der Waals surface area contributed by atoms with Gasteiger partial charge in [0, 0.05) is 17.9 Å². The second kappa shape index (κ2) is 7.29. The Morgan fingerprint density at radius 3 is 2.43 bits per heavy atom. The van der Waals surface area contributed by atoms with Gasteiger partial charge in [-0.3, -0.25) is 4.90 Å². The molecule has 0 radical (unpaired) electrons. The third-order valence-electron chi connectivity index (χ3n) is 4.43. The van der Waals surface area contributed by atoms with Crippen molar-refractivity contribution in [2.75, 3.05) is 40.3 Å². The highest BCUT2D eigenvalue weighted by atomic mass is 15.2. The first kappa shape index (κ1) is 16.3. The number of rotatable bonds is 4. The molecule has 1 aliphatic heterocycles. The Bertz CT molecular complexity index is 451. The monoisotopic (exact) mass is 291 g/mol. The lowest BCUT2D eigenvalue weighted by Crippen LogP contribution is -2.32. The summed E-state index contributed by atoms with van der Waals surface area (Å²) in [7, 11) is 4.36. The first-order chi connectivity index (χ1) is 10.0. The van der Waals surface area contributed by atoms with Crippen LogP contribution in [0, 0.1) is 13.8 Å². The summed E-state index contributed by atoms with van der Waals surface area (Å²) < 4.78 is 0. The maximum atomic E-state index is 5.62. The number of aryl methyl sites for hydroxylation is 2. The van der Waals surface area contributed by atoms with Crippen molar-refractivity contribution in [1.29, 1.82) is 0 Å². The van der Waals surface area contributed by atoms with Crippen LogP contribution in [0.1, 0.15) is 41.7 Å². The second-order valence-electron chi connectivity index (χ2n) is 6.24. The van der Waals surface area contributed by atoms with E-state index in [9.17, 15) is 0 Å². The molecule has 21 heavy (non-hydrogen) atoms. The third-order valence-corrected chi connectivity index (χ3v) is 4.43. The zero-order valence-electron chi connectivity index (χ0n) is 13.9. The Balaban J connectivity index is 2.26. The van der Waals surface area contributed by atoms with Gasteiger partial charge in [-0.05, 0) is 72.4 Å². The van der Waals surface area contributed by atoms with Crippen molar-refractivity contribution in [3.63, 3.8) is 0 Å². The van der Waals surface area contributed by atoms with Crippen LogP contribution in [0.3, 0.4) is 0 Å². The fourth-order valence-corrected chi connectivity index (χ4v) is 3.11. The standard InChI is InChI=1S/C16H29N5/c1-12-14(7-5-8-17)13(2)19-16(18-12)15-11-20(3)9-6-10-21(15)4/h15H,5-11,17H2,1-4H3. The van der Waals surface area contributed by atoms with E-state index < -0.39 is 0 Å². The molecule has 1 aromatic heterocycles. The number of likely N-dealkylation sites (N-methyl/N-ethyl adjacent to an activating group) is 2. The van der Waals surface area contributed by atoms with E-state index in [-0.39, 0.29) is 0 Å². The summed E-state index contributed by atoms with van der Waals surface area (Å²) in [6.07, 6.45) is 3.18. The highest BCUT2D eigenvalue weighted by Crippen LogP contribution is 2.22. The van der Waals surface area contributed by atoms with Gasteiger partial charge >= 0.3 is 0 Å². The highest BCUT2D eigenvalue weighted by molar-refractivity contribution is 5.25. The van der Waals surface area contributed by atoms with E-state index in [4.69, 9.17) is 15.7 Å². The van der Waals surface area contributed by atoms with Gasteiger partial charge in [0.2, 0.25) is 0 Å². The average molecular weight is 291 g/mol. The van der Waals surface area contributed by atoms with Crippen LogP contribution < -0.4 is 5.73 Å². The lowest BCUT2D eigenvalue weighted by molar-refractivity contribution is 0.219. The molecule has 0 bridgehead atoms. The molecule has 5 heteroatoms. The van der Waals surface area contributed by atoms with E-state index in [1.54, 1.807) is 0 Å². The Morgan fingerprint density at radius 1 is 1.14 bits per heavy atom. The molecule has 0 saturated carbocycles. The zero-order chi connectivity index (χ0) is 15.4. The smallest absolute Gasteiger partial charge is 0.147 e. The van der Waals surface area contributed by atoms with E-state index >= 15 is 0 Å². The Morgan fingerprint density at radius 2 is 1.81 bits per heavy atom. The predicted molar refractivity (Wildman–Crippen MR) is 86.4 cm³/mol. The SMILES string of the molecule is Cc1nc(C2CN(C)CCCN2C)nc(C)c1CCCN. The van der Waals surface area contributed by atoms with Crippen LogP contribution in [0.25, 0.3) is 0 Å². The number of nitrogens with zero attached hydrogens (tertiary/aromatic N) is 4. The first-order valence-corrected chi connectivity index (χ1v) is 7.95. The van der Waals surface area contributed by atoms with E-state index in [1.165, 1.54) is 12.0 Å². The van der Waals surface area contributed by atoms with E-state index in [0.717, 1.165) is 56.2 Å². The molecule has 0 amide bonds. The summed E-state index contributed by atoms with van der Waals surface area (Å²) in [5, 5.41) is 0. The summed E-state index contributed by atoms with van der Waals surface area (Å²) in [6.45, 7) is 8.17. The van der Waals surface area contributed by atoms with Gasteiger partial charge in [0.25, 0.3) is 0 Å². The molecule has 1 atom stereocenters. The second-order valence-corrected chi connectivity index (χ2v) is 6.24. The van der Waals surface area contributed by atoms with Gasteiger partial charge in [-0.2, -0.15) is 0 Å². The average Bonchev–Trinajstić information content (AvgIpc) is 2.59. The molecule has 1 fully saturated rings. The highest BCUT2D eigenvalue weighted by Gasteiger charge is 2.25. The fourth-order valence-electron chi connectivity index (χ4n) is 3.11. The molecule has 5 nitrogen and oxygen atoms in total. The summed E-state index contributed by atoms with van der Waals surface area (Å²) >= 11 is 0. The van der Waals surface area contributed by atoms with Gasteiger partial charge in [0.15, 0.2) is 0 Å². The summed E-state index contributed by atoms with van der Waals surface area (Å²) in [5.74, 6) is 0.970. The molecule has 2 N–H and O–H groups in total. The Labute approximate surface area is 128 Å². The third kappa shape index (κ3) is 3.99. The van der Waals surface area contributed by atoms with Crippen molar-refractivity contribution >= 4 is 0 Å². The zero-order valence-corrected chi connectivity index (χ0v) is 13.9. The van der Waals surface area contributed by atoms with Gasteiger partial charge < -0.3 is 10.6 Å². The molecule has 0 spiro atoms. The van der Waals surface area contributed by atoms with Crippen molar-refractivity contribution in [3.8, 4) is 0 Å². The van der Waals surface area contributed by atoms with Crippen LogP contribution in [0.15, 0.2) is 0 Å². The maximum Gasteiger partial charge on any atom is 0.147 e. The molecule has 0 aromatic carbocycles. The molecule has 2 heterocycles. The largest absolute Gasteiger partial charge is 0.330 e. The van der Waals surface area contributed by atoms with Gasteiger partial charge in [0.05, 0.1) is 6.04 Å². The van der Waals surface area contributed by atoms with Crippen molar-refractivity contribution in [2.45, 2.75) is 39.2 Å². The molecule has 118 valence electrons.